The van der Waals surface area contributed by atoms with Crippen LogP contribution < -0.4 is 0 Å². The second kappa shape index (κ2) is 8.93. The van der Waals surface area contributed by atoms with E-state index in [4.69, 9.17) is 14.2 Å². The van der Waals surface area contributed by atoms with E-state index in [-0.39, 0.29) is 42.0 Å². The minimum atomic E-state index is -0.309. The van der Waals surface area contributed by atoms with Gasteiger partial charge in [0.15, 0.2) is 5.78 Å². The lowest BCUT2D eigenvalue weighted by Crippen LogP contribution is -2.45. The van der Waals surface area contributed by atoms with Gasteiger partial charge in [-0.25, -0.2) is 0 Å². The summed E-state index contributed by atoms with van der Waals surface area (Å²) in [4.78, 5) is 34.8. The van der Waals surface area contributed by atoms with Crippen molar-refractivity contribution in [3.8, 4) is 0 Å². The Labute approximate surface area is 166 Å². The van der Waals surface area contributed by atoms with Gasteiger partial charge >= 0.3 is 11.9 Å². The van der Waals surface area contributed by atoms with Gasteiger partial charge in [-0.15, -0.1) is 0 Å². The standard InChI is InChI=1S/C22H30O6/c1-13-4-5-16-10-19(27-14(2)23)12-21(28-15(3)24)22(16)20(13)7-6-18-11-17(25)8-9-26-18/h5,8-9,13,18-22H,4,6-7,10-12H2,1-3H3/t13-,18+,19+,20-,21-,22-/m0/s1. The van der Waals surface area contributed by atoms with Crippen LogP contribution in [0.15, 0.2) is 24.0 Å². The van der Waals surface area contributed by atoms with E-state index < -0.39 is 0 Å². The van der Waals surface area contributed by atoms with Gasteiger partial charge in [-0.05, 0) is 31.1 Å². The smallest absolute Gasteiger partial charge is 0.302 e. The summed E-state index contributed by atoms with van der Waals surface area (Å²) in [6.07, 6.45) is 8.92. The number of carbonyl (C=O) groups excluding carboxylic acids is 3. The van der Waals surface area contributed by atoms with Crippen LogP contribution in [-0.4, -0.2) is 36.0 Å². The molecule has 0 bridgehead atoms. The summed E-state index contributed by atoms with van der Waals surface area (Å²) in [6.45, 7) is 5.06. The first-order chi connectivity index (χ1) is 13.3. The number of hydrogen-bond donors (Lipinski definition) is 0. The lowest BCUT2D eigenvalue weighted by molar-refractivity contribution is -0.159. The van der Waals surface area contributed by atoms with E-state index in [2.05, 4.69) is 13.0 Å². The highest BCUT2D eigenvalue weighted by Gasteiger charge is 2.44. The van der Waals surface area contributed by atoms with Crippen LogP contribution in [0.25, 0.3) is 0 Å². The molecule has 1 aliphatic heterocycles. The number of ether oxygens (including phenoxy) is 3. The molecular weight excluding hydrogens is 360 g/mol. The van der Waals surface area contributed by atoms with E-state index in [1.807, 2.05) is 0 Å². The summed E-state index contributed by atoms with van der Waals surface area (Å²) in [6, 6.07) is 0. The van der Waals surface area contributed by atoms with Crippen molar-refractivity contribution in [2.24, 2.45) is 17.8 Å². The molecule has 0 aromatic carbocycles. The molecule has 0 aromatic heterocycles. The van der Waals surface area contributed by atoms with Crippen LogP contribution in [0.4, 0.5) is 0 Å². The van der Waals surface area contributed by atoms with Crippen LogP contribution >= 0.6 is 0 Å². The predicted octanol–water partition coefficient (Wildman–Crippen LogP) is 3.49. The summed E-state index contributed by atoms with van der Waals surface area (Å²) in [5.74, 6) is 0.413. The number of carbonyl (C=O) groups is 3. The van der Waals surface area contributed by atoms with Crippen LogP contribution in [0, 0.1) is 17.8 Å². The van der Waals surface area contributed by atoms with Crippen LogP contribution in [0.5, 0.6) is 0 Å². The van der Waals surface area contributed by atoms with Crippen molar-refractivity contribution in [2.75, 3.05) is 0 Å². The summed E-state index contributed by atoms with van der Waals surface area (Å²) in [5, 5.41) is 0. The maximum atomic E-state index is 11.7. The molecule has 6 atom stereocenters. The number of fused-ring (bicyclic) bond motifs is 1. The van der Waals surface area contributed by atoms with Crippen molar-refractivity contribution >= 4 is 17.7 Å². The molecule has 0 unspecified atom stereocenters. The molecule has 1 saturated carbocycles. The molecule has 0 spiro atoms. The highest BCUT2D eigenvalue weighted by molar-refractivity contribution is 5.90. The van der Waals surface area contributed by atoms with E-state index in [1.54, 1.807) is 0 Å². The molecule has 6 heteroatoms. The Morgan fingerprint density at radius 1 is 1.14 bits per heavy atom. The van der Waals surface area contributed by atoms with Crippen LogP contribution in [0.3, 0.4) is 0 Å². The molecule has 1 heterocycles. The summed E-state index contributed by atoms with van der Waals surface area (Å²) >= 11 is 0. The van der Waals surface area contributed by atoms with E-state index in [0.29, 0.717) is 31.1 Å². The Kier molecular flexibility index (Phi) is 6.57. The molecule has 0 aromatic rings. The molecule has 28 heavy (non-hydrogen) atoms. The lowest BCUT2D eigenvalue weighted by Gasteiger charge is -2.46. The third-order valence-electron chi connectivity index (χ3n) is 6.16. The van der Waals surface area contributed by atoms with Crippen molar-refractivity contribution in [3.63, 3.8) is 0 Å². The van der Waals surface area contributed by atoms with E-state index in [1.165, 1.54) is 31.8 Å². The second-order valence-corrected chi connectivity index (χ2v) is 8.31. The fourth-order valence-electron chi connectivity index (χ4n) is 5.00. The maximum Gasteiger partial charge on any atom is 0.302 e. The van der Waals surface area contributed by atoms with Crippen LogP contribution in [0.1, 0.15) is 59.3 Å². The molecule has 0 saturated heterocycles. The lowest BCUT2D eigenvalue weighted by atomic mass is 9.63. The normalized spacial score (nSPS) is 34.7. The van der Waals surface area contributed by atoms with E-state index >= 15 is 0 Å². The molecule has 3 aliphatic rings. The molecule has 0 radical (unpaired) electrons. The van der Waals surface area contributed by atoms with Gasteiger partial charge in [-0.2, -0.15) is 0 Å². The largest absolute Gasteiger partial charge is 0.497 e. The minimum absolute atomic E-state index is 0.0800. The monoisotopic (exact) mass is 390 g/mol. The Morgan fingerprint density at radius 3 is 2.57 bits per heavy atom. The zero-order valence-electron chi connectivity index (χ0n) is 16.9. The van der Waals surface area contributed by atoms with Gasteiger partial charge < -0.3 is 14.2 Å². The van der Waals surface area contributed by atoms with Crippen molar-refractivity contribution in [2.45, 2.75) is 77.6 Å². The quantitative estimate of drug-likeness (QED) is 0.528. The van der Waals surface area contributed by atoms with Crippen molar-refractivity contribution in [3.05, 3.63) is 24.0 Å². The summed E-state index contributed by atoms with van der Waals surface area (Å²) < 4.78 is 16.7. The highest BCUT2D eigenvalue weighted by Crippen LogP contribution is 2.47. The fourth-order valence-corrected chi connectivity index (χ4v) is 5.00. The Balaban J connectivity index is 1.74. The topological polar surface area (TPSA) is 78.9 Å². The third kappa shape index (κ3) is 5.03. The van der Waals surface area contributed by atoms with Gasteiger partial charge in [-0.1, -0.05) is 18.6 Å². The van der Waals surface area contributed by atoms with Gasteiger partial charge in [0, 0.05) is 45.1 Å². The Bertz CT molecular complexity index is 679. The van der Waals surface area contributed by atoms with Gasteiger partial charge in [0.1, 0.15) is 18.3 Å². The average molecular weight is 390 g/mol. The Morgan fingerprint density at radius 2 is 1.89 bits per heavy atom. The van der Waals surface area contributed by atoms with Crippen molar-refractivity contribution < 1.29 is 28.6 Å². The maximum absolute atomic E-state index is 11.7. The molecule has 154 valence electrons. The van der Waals surface area contributed by atoms with Gasteiger partial charge in [-0.3, -0.25) is 14.4 Å². The minimum Gasteiger partial charge on any atom is -0.497 e. The van der Waals surface area contributed by atoms with E-state index in [0.717, 1.165) is 19.3 Å². The number of ketones is 1. The number of rotatable bonds is 5. The van der Waals surface area contributed by atoms with Gasteiger partial charge in [0.05, 0.1) is 6.26 Å². The average Bonchev–Trinajstić information content (AvgIpc) is 2.60. The number of allylic oxidation sites excluding steroid dienone is 2. The number of esters is 2. The molecule has 6 nitrogen and oxygen atoms in total. The first kappa shape index (κ1) is 20.6. The van der Waals surface area contributed by atoms with Gasteiger partial charge in [0.25, 0.3) is 0 Å². The molecular formula is C22H30O6. The zero-order chi connectivity index (χ0) is 20.3. The molecule has 1 fully saturated rings. The first-order valence-electron chi connectivity index (χ1n) is 10.2. The summed E-state index contributed by atoms with van der Waals surface area (Å²) in [7, 11) is 0. The first-order valence-corrected chi connectivity index (χ1v) is 10.2. The summed E-state index contributed by atoms with van der Waals surface area (Å²) in [5.41, 5.74) is 1.23. The molecule has 0 N–H and O–H groups in total. The molecule has 3 rings (SSSR count). The molecule has 0 amide bonds. The fraction of sp³-hybridized carbons (Fsp3) is 0.682. The van der Waals surface area contributed by atoms with Crippen molar-refractivity contribution in [1.29, 1.82) is 0 Å². The van der Waals surface area contributed by atoms with Gasteiger partial charge in [0.2, 0.25) is 0 Å². The zero-order valence-corrected chi connectivity index (χ0v) is 16.9. The van der Waals surface area contributed by atoms with Crippen LogP contribution in [-0.2, 0) is 28.6 Å². The van der Waals surface area contributed by atoms with Crippen molar-refractivity contribution in [1.82, 2.24) is 0 Å². The SMILES string of the molecule is CC(=O)O[C@@H]1CC2=CC[C@H](C)[C@H](CC[C@@H]3CC(=O)C=CO3)[C@H]2[C@@H](OC(C)=O)C1. The van der Waals surface area contributed by atoms with E-state index in [9.17, 15) is 14.4 Å². The molecule has 2 aliphatic carbocycles. The van der Waals surface area contributed by atoms with Crippen LogP contribution in [0.2, 0.25) is 0 Å². The second-order valence-electron chi connectivity index (χ2n) is 8.31. The highest BCUT2D eigenvalue weighted by atomic mass is 16.6. The number of hydrogen-bond acceptors (Lipinski definition) is 6. The predicted molar refractivity (Wildman–Crippen MR) is 102 cm³/mol. The third-order valence-corrected chi connectivity index (χ3v) is 6.16. The Hall–Kier alpha value is -2.11.